The van der Waals surface area contributed by atoms with Crippen LogP contribution in [0, 0.1) is 0 Å². The summed E-state index contributed by atoms with van der Waals surface area (Å²) < 4.78 is 10.2. The molecule has 0 amide bonds. The van der Waals surface area contributed by atoms with Crippen LogP contribution < -0.4 is 10.1 Å². The first-order chi connectivity index (χ1) is 8.29. The number of nitrogens with one attached hydrogen (secondary N) is 1. The molecule has 0 saturated carbocycles. The molecule has 2 rings (SSSR count). The number of aliphatic hydroxyl groups is 1. The zero-order chi connectivity index (χ0) is 12.1. The van der Waals surface area contributed by atoms with Gasteiger partial charge in [-0.25, -0.2) is 0 Å². The van der Waals surface area contributed by atoms with Gasteiger partial charge in [0.25, 0.3) is 0 Å². The molecular weight excluding hydrogens is 218 g/mol. The maximum absolute atomic E-state index is 9.79. The summed E-state index contributed by atoms with van der Waals surface area (Å²) in [7, 11) is 1.63. The predicted molar refractivity (Wildman–Crippen MR) is 65.2 cm³/mol. The summed E-state index contributed by atoms with van der Waals surface area (Å²) in [6.45, 7) is 0.403. The summed E-state index contributed by atoms with van der Waals surface area (Å²) in [5.74, 6) is 1.37. The number of furan rings is 1. The van der Waals surface area contributed by atoms with E-state index in [9.17, 15) is 5.11 Å². The average molecular weight is 233 g/mol. The van der Waals surface area contributed by atoms with E-state index < -0.39 is 6.10 Å². The van der Waals surface area contributed by atoms with Crippen LogP contribution in [0.4, 0.5) is 5.69 Å². The van der Waals surface area contributed by atoms with Gasteiger partial charge in [-0.15, -0.1) is 0 Å². The standard InChI is InChI=1S/C13H15NO3/c1-16-11-6-4-10(5-7-11)14-9-12(15)13-3-2-8-17-13/h2-8,12,14-15H,9H2,1H3. The molecule has 1 aromatic carbocycles. The van der Waals surface area contributed by atoms with Crippen LogP contribution in [0.2, 0.25) is 0 Å². The van der Waals surface area contributed by atoms with Gasteiger partial charge in [-0.2, -0.15) is 0 Å². The fourth-order valence-electron chi connectivity index (χ4n) is 1.50. The van der Waals surface area contributed by atoms with E-state index in [0.29, 0.717) is 12.3 Å². The van der Waals surface area contributed by atoms with Gasteiger partial charge in [0.2, 0.25) is 0 Å². The summed E-state index contributed by atoms with van der Waals surface area (Å²) in [5.41, 5.74) is 0.927. The monoisotopic (exact) mass is 233 g/mol. The predicted octanol–water partition coefficient (Wildman–Crippen LogP) is 2.43. The van der Waals surface area contributed by atoms with E-state index >= 15 is 0 Å². The van der Waals surface area contributed by atoms with E-state index in [1.807, 2.05) is 24.3 Å². The second-order valence-corrected chi connectivity index (χ2v) is 3.64. The molecule has 1 atom stereocenters. The van der Waals surface area contributed by atoms with Crippen molar-refractivity contribution in [2.75, 3.05) is 19.0 Å². The molecule has 0 aliphatic heterocycles. The maximum atomic E-state index is 9.79. The molecule has 4 nitrogen and oxygen atoms in total. The molecular formula is C13H15NO3. The average Bonchev–Trinajstić information content (AvgIpc) is 2.90. The molecule has 1 heterocycles. The Labute approximate surface area is 99.8 Å². The first-order valence-electron chi connectivity index (χ1n) is 5.39. The molecule has 0 bridgehead atoms. The van der Waals surface area contributed by atoms with Gasteiger partial charge in [0, 0.05) is 12.2 Å². The number of aliphatic hydroxyl groups excluding tert-OH is 1. The van der Waals surface area contributed by atoms with E-state index in [1.54, 1.807) is 25.5 Å². The summed E-state index contributed by atoms with van der Waals surface area (Å²) >= 11 is 0. The third-order valence-electron chi connectivity index (χ3n) is 2.46. The Morgan fingerprint density at radius 2 is 2.06 bits per heavy atom. The zero-order valence-electron chi connectivity index (χ0n) is 9.59. The first kappa shape index (κ1) is 11.5. The van der Waals surface area contributed by atoms with Crippen molar-refractivity contribution < 1.29 is 14.3 Å². The minimum absolute atomic E-state index is 0.403. The van der Waals surface area contributed by atoms with Gasteiger partial charge in [0.05, 0.1) is 13.4 Å². The Kier molecular flexibility index (Phi) is 3.67. The van der Waals surface area contributed by atoms with Crippen molar-refractivity contribution in [3.63, 3.8) is 0 Å². The molecule has 2 N–H and O–H groups in total. The number of methoxy groups -OCH3 is 1. The van der Waals surface area contributed by atoms with Crippen molar-refractivity contribution in [2.45, 2.75) is 6.10 Å². The van der Waals surface area contributed by atoms with Crippen LogP contribution in [0.15, 0.2) is 47.1 Å². The van der Waals surface area contributed by atoms with Crippen molar-refractivity contribution >= 4 is 5.69 Å². The number of hydrogen-bond acceptors (Lipinski definition) is 4. The Morgan fingerprint density at radius 1 is 1.29 bits per heavy atom. The van der Waals surface area contributed by atoms with E-state index in [2.05, 4.69) is 5.32 Å². The molecule has 1 aromatic heterocycles. The molecule has 0 saturated heterocycles. The topological polar surface area (TPSA) is 54.6 Å². The van der Waals surface area contributed by atoms with Crippen molar-refractivity contribution in [3.8, 4) is 5.75 Å². The second-order valence-electron chi connectivity index (χ2n) is 3.64. The molecule has 90 valence electrons. The normalized spacial score (nSPS) is 12.1. The fourth-order valence-corrected chi connectivity index (χ4v) is 1.50. The second kappa shape index (κ2) is 5.41. The molecule has 0 aliphatic carbocycles. The first-order valence-corrected chi connectivity index (χ1v) is 5.39. The molecule has 1 unspecified atom stereocenters. The number of anilines is 1. The quantitative estimate of drug-likeness (QED) is 0.832. The van der Waals surface area contributed by atoms with Gasteiger partial charge in [-0.3, -0.25) is 0 Å². The lowest BCUT2D eigenvalue weighted by Crippen LogP contribution is -2.11. The van der Waals surface area contributed by atoms with E-state index in [1.165, 1.54) is 0 Å². The van der Waals surface area contributed by atoms with E-state index in [4.69, 9.17) is 9.15 Å². The SMILES string of the molecule is COc1ccc(NCC(O)c2ccco2)cc1. The van der Waals surface area contributed by atoms with Gasteiger partial charge in [0.15, 0.2) is 0 Å². The lowest BCUT2D eigenvalue weighted by molar-refractivity contribution is 0.162. The fraction of sp³-hybridized carbons (Fsp3) is 0.231. The van der Waals surface area contributed by atoms with Gasteiger partial charge in [0.1, 0.15) is 17.6 Å². The molecule has 0 radical (unpaired) electrons. The highest BCUT2D eigenvalue weighted by molar-refractivity contribution is 5.46. The van der Waals surface area contributed by atoms with Crippen LogP contribution in [0.1, 0.15) is 11.9 Å². The maximum Gasteiger partial charge on any atom is 0.134 e. The summed E-state index contributed by atoms with van der Waals surface area (Å²) in [6.07, 6.45) is 0.901. The lowest BCUT2D eigenvalue weighted by Gasteiger charge is -2.11. The van der Waals surface area contributed by atoms with Crippen molar-refractivity contribution in [1.82, 2.24) is 0 Å². The zero-order valence-corrected chi connectivity index (χ0v) is 9.59. The molecule has 2 aromatic rings. The Balaban J connectivity index is 1.89. The summed E-state index contributed by atoms with van der Waals surface area (Å²) in [6, 6.07) is 11.0. The van der Waals surface area contributed by atoms with Crippen LogP contribution in [0.25, 0.3) is 0 Å². The smallest absolute Gasteiger partial charge is 0.134 e. The summed E-state index contributed by atoms with van der Waals surface area (Å²) in [4.78, 5) is 0. The third-order valence-corrected chi connectivity index (χ3v) is 2.46. The third kappa shape index (κ3) is 3.01. The summed E-state index contributed by atoms with van der Waals surface area (Å²) in [5, 5.41) is 12.9. The van der Waals surface area contributed by atoms with Crippen molar-refractivity contribution in [3.05, 3.63) is 48.4 Å². The molecule has 0 spiro atoms. The van der Waals surface area contributed by atoms with Crippen LogP contribution in [-0.2, 0) is 0 Å². The van der Waals surface area contributed by atoms with Crippen LogP contribution >= 0.6 is 0 Å². The molecule has 17 heavy (non-hydrogen) atoms. The highest BCUT2D eigenvalue weighted by Gasteiger charge is 2.09. The van der Waals surface area contributed by atoms with E-state index in [-0.39, 0.29) is 0 Å². The Morgan fingerprint density at radius 3 is 2.65 bits per heavy atom. The van der Waals surface area contributed by atoms with Gasteiger partial charge in [-0.1, -0.05) is 0 Å². The highest BCUT2D eigenvalue weighted by atomic mass is 16.5. The number of benzene rings is 1. The van der Waals surface area contributed by atoms with E-state index in [0.717, 1.165) is 11.4 Å². The largest absolute Gasteiger partial charge is 0.497 e. The molecule has 0 aliphatic rings. The number of rotatable bonds is 5. The minimum atomic E-state index is -0.646. The number of ether oxygens (including phenoxy) is 1. The Hall–Kier alpha value is -1.94. The lowest BCUT2D eigenvalue weighted by atomic mass is 10.2. The van der Waals surface area contributed by atoms with Crippen LogP contribution in [-0.4, -0.2) is 18.8 Å². The van der Waals surface area contributed by atoms with Crippen LogP contribution in [0.3, 0.4) is 0 Å². The number of hydrogen-bond donors (Lipinski definition) is 2. The Bertz CT molecular complexity index is 436. The highest BCUT2D eigenvalue weighted by Crippen LogP contribution is 2.17. The minimum Gasteiger partial charge on any atom is -0.497 e. The molecule has 0 fully saturated rings. The van der Waals surface area contributed by atoms with Crippen molar-refractivity contribution in [1.29, 1.82) is 0 Å². The molecule has 4 heteroatoms. The van der Waals surface area contributed by atoms with Gasteiger partial charge >= 0.3 is 0 Å². The van der Waals surface area contributed by atoms with Crippen molar-refractivity contribution in [2.24, 2.45) is 0 Å². The van der Waals surface area contributed by atoms with Crippen LogP contribution in [0.5, 0.6) is 5.75 Å². The van der Waals surface area contributed by atoms with Gasteiger partial charge < -0.3 is 19.6 Å². The van der Waals surface area contributed by atoms with Gasteiger partial charge in [-0.05, 0) is 36.4 Å².